The maximum atomic E-state index is 11.9. The van der Waals surface area contributed by atoms with Crippen molar-refractivity contribution >= 4 is 27.2 Å². The first-order valence-electron chi connectivity index (χ1n) is 15.9. The second-order valence-corrected chi connectivity index (χ2v) is 12.4. The first-order valence-corrected chi connectivity index (χ1v) is 18.1. The van der Waals surface area contributed by atoms with Gasteiger partial charge in [-0.3, -0.25) is 4.98 Å². The van der Waals surface area contributed by atoms with Gasteiger partial charge in [0, 0.05) is 35.9 Å². The molecule has 43 heavy (non-hydrogen) atoms. The van der Waals surface area contributed by atoms with Crippen LogP contribution < -0.4 is 0 Å². The quantitative estimate of drug-likeness (QED) is 0.297. The zero-order chi connectivity index (χ0) is 33.8. The van der Waals surface area contributed by atoms with Crippen LogP contribution in [0.15, 0.2) is 74.0 Å². The highest BCUT2D eigenvalue weighted by Crippen LogP contribution is 2.41. The van der Waals surface area contributed by atoms with E-state index in [1.807, 2.05) is 90.2 Å². The molecule has 1 saturated heterocycles. The summed E-state index contributed by atoms with van der Waals surface area (Å²) >= 11 is 6.24. The molecule has 3 rings (SSSR count). The Morgan fingerprint density at radius 3 is 1.86 bits per heavy atom. The molecule has 6 heteroatoms. The SMILES string of the molecule is C/C=C\C.C=C(C)c1cc(Cl)ccc1C(c1ccccn1)C1CCN(S(C)(=O)=O)CC1.C=CC.CC.CCC.CCCC. The van der Waals surface area contributed by atoms with Gasteiger partial charge in [0.25, 0.3) is 0 Å². The Morgan fingerprint density at radius 1 is 1.02 bits per heavy atom. The van der Waals surface area contributed by atoms with E-state index in [2.05, 4.69) is 51.9 Å². The molecule has 0 bridgehead atoms. The molecule has 0 radical (unpaired) electrons. The number of pyridine rings is 1. The molecular formula is C37H63ClN2O2S. The van der Waals surface area contributed by atoms with Crippen LogP contribution in [0.5, 0.6) is 0 Å². The predicted octanol–water partition coefficient (Wildman–Crippen LogP) is 11.6. The van der Waals surface area contributed by atoms with Crippen LogP contribution in [0, 0.1) is 5.92 Å². The first-order chi connectivity index (χ1) is 20.4. The third-order valence-electron chi connectivity index (χ3n) is 6.09. The summed E-state index contributed by atoms with van der Waals surface area (Å²) in [5.74, 6) is 0.383. The molecule has 1 atom stereocenters. The molecule has 1 fully saturated rings. The zero-order valence-corrected chi connectivity index (χ0v) is 30.9. The van der Waals surface area contributed by atoms with E-state index in [0.29, 0.717) is 24.0 Å². The van der Waals surface area contributed by atoms with Crippen LogP contribution >= 0.6 is 11.6 Å². The summed E-state index contributed by atoms with van der Waals surface area (Å²) in [6.07, 6.45) is 14.3. The molecule has 0 spiro atoms. The fourth-order valence-electron chi connectivity index (χ4n) is 3.92. The molecule has 4 nitrogen and oxygen atoms in total. The lowest BCUT2D eigenvalue weighted by molar-refractivity contribution is 0.256. The van der Waals surface area contributed by atoms with Crippen LogP contribution in [0.3, 0.4) is 0 Å². The Balaban J connectivity index is -0.000000836. The van der Waals surface area contributed by atoms with E-state index >= 15 is 0 Å². The number of sulfonamides is 1. The summed E-state index contributed by atoms with van der Waals surface area (Å²) in [7, 11) is -3.15. The Kier molecular flexibility index (Phi) is 30.0. The van der Waals surface area contributed by atoms with Gasteiger partial charge in [-0.15, -0.1) is 6.58 Å². The van der Waals surface area contributed by atoms with E-state index in [-0.39, 0.29) is 5.92 Å². The van der Waals surface area contributed by atoms with Gasteiger partial charge >= 0.3 is 0 Å². The smallest absolute Gasteiger partial charge is 0.211 e. The van der Waals surface area contributed by atoms with Crippen LogP contribution in [-0.4, -0.2) is 37.1 Å². The number of unbranched alkanes of at least 4 members (excludes halogenated alkanes) is 1. The molecule has 2 aromatic rings. The van der Waals surface area contributed by atoms with E-state index in [9.17, 15) is 8.42 Å². The number of aromatic nitrogens is 1. The van der Waals surface area contributed by atoms with Crippen LogP contribution in [0.2, 0.25) is 5.02 Å². The summed E-state index contributed by atoms with van der Waals surface area (Å²) in [4.78, 5) is 4.63. The fraction of sp³-hybridized carbons (Fsp3) is 0.541. The third-order valence-corrected chi connectivity index (χ3v) is 7.63. The van der Waals surface area contributed by atoms with Crippen LogP contribution in [0.4, 0.5) is 0 Å². The van der Waals surface area contributed by atoms with E-state index in [0.717, 1.165) is 35.2 Å². The lowest BCUT2D eigenvalue weighted by Gasteiger charge is -2.35. The van der Waals surface area contributed by atoms with Gasteiger partial charge in [0.2, 0.25) is 10.0 Å². The Labute approximate surface area is 272 Å². The van der Waals surface area contributed by atoms with Gasteiger partial charge < -0.3 is 0 Å². The maximum absolute atomic E-state index is 11.9. The highest BCUT2D eigenvalue weighted by Gasteiger charge is 2.33. The van der Waals surface area contributed by atoms with E-state index < -0.39 is 10.0 Å². The zero-order valence-electron chi connectivity index (χ0n) is 29.3. The van der Waals surface area contributed by atoms with Crippen LogP contribution in [0.1, 0.15) is 124 Å². The molecule has 1 aromatic carbocycles. The van der Waals surface area contributed by atoms with E-state index in [1.54, 1.807) is 10.4 Å². The second-order valence-electron chi connectivity index (χ2n) is 10.0. The number of piperidine rings is 1. The van der Waals surface area contributed by atoms with Crippen molar-refractivity contribution in [3.05, 3.63) is 95.8 Å². The molecule has 0 amide bonds. The van der Waals surface area contributed by atoms with Crippen molar-refractivity contribution in [2.24, 2.45) is 5.92 Å². The van der Waals surface area contributed by atoms with Gasteiger partial charge in [0.05, 0.1) is 6.26 Å². The highest BCUT2D eigenvalue weighted by atomic mass is 35.5. The molecule has 1 aliphatic heterocycles. The number of halogens is 1. The van der Waals surface area contributed by atoms with Crippen molar-refractivity contribution in [1.82, 2.24) is 9.29 Å². The Morgan fingerprint density at radius 2 is 1.51 bits per heavy atom. The topological polar surface area (TPSA) is 50.3 Å². The predicted molar refractivity (Wildman–Crippen MR) is 196 cm³/mol. The first kappa shape index (κ1) is 45.2. The lowest BCUT2D eigenvalue weighted by atomic mass is 9.76. The average Bonchev–Trinajstić information content (AvgIpc) is 3.00. The minimum atomic E-state index is -3.15. The van der Waals surface area contributed by atoms with Gasteiger partial charge in [-0.25, -0.2) is 12.7 Å². The Hall–Kier alpha value is -2.21. The lowest BCUT2D eigenvalue weighted by Crippen LogP contribution is -2.39. The van der Waals surface area contributed by atoms with Crippen LogP contribution in [-0.2, 0) is 10.0 Å². The number of hydrogen-bond acceptors (Lipinski definition) is 3. The summed E-state index contributed by atoms with van der Waals surface area (Å²) in [6, 6.07) is 11.9. The Bertz CT molecular complexity index is 1080. The van der Waals surface area contributed by atoms with E-state index in [1.165, 1.54) is 25.5 Å². The molecule has 0 saturated carbocycles. The van der Waals surface area contributed by atoms with Gasteiger partial charge in [-0.1, -0.05) is 115 Å². The molecule has 2 heterocycles. The molecular weight excluding hydrogens is 572 g/mol. The van der Waals surface area contributed by atoms with Crippen molar-refractivity contribution in [2.75, 3.05) is 19.3 Å². The van der Waals surface area contributed by atoms with Gasteiger partial charge in [-0.2, -0.15) is 0 Å². The number of rotatable bonds is 6. The van der Waals surface area contributed by atoms with Crippen molar-refractivity contribution in [1.29, 1.82) is 0 Å². The fourth-order valence-corrected chi connectivity index (χ4v) is 4.97. The summed E-state index contributed by atoms with van der Waals surface area (Å²) in [5, 5.41) is 0.684. The molecule has 0 aliphatic carbocycles. The molecule has 246 valence electrons. The van der Waals surface area contributed by atoms with Gasteiger partial charge in [-0.05, 0) is 81.8 Å². The average molecular weight is 635 g/mol. The summed E-state index contributed by atoms with van der Waals surface area (Å²) in [6.45, 7) is 29.1. The molecule has 1 unspecified atom stereocenters. The monoisotopic (exact) mass is 634 g/mol. The van der Waals surface area contributed by atoms with Crippen LogP contribution in [0.25, 0.3) is 5.57 Å². The summed E-state index contributed by atoms with van der Waals surface area (Å²) < 4.78 is 25.3. The number of benzene rings is 1. The number of hydrogen-bond donors (Lipinski definition) is 0. The van der Waals surface area contributed by atoms with Crippen molar-refractivity contribution in [3.63, 3.8) is 0 Å². The minimum Gasteiger partial charge on any atom is -0.261 e. The molecule has 1 aromatic heterocycles. The normalized spacial score (nSPS) is 13.5. The van der Waals surface area contributed by atoms with Crippen molar-refractivity contribution < 1.29 is 8.42 Å². The largest absolute Gasteiger partial charge is 0.261 e. The minimum absolute atomic E-state index is 0.0804. The third kappa shape index (κ3) is 20.4. The standard InChI is InChI=1S/C21H25ClN2O2S.C4H10.C4H8.C3H8.C3H6.C2H6/c1-15(2)19-14-17(22)7-8-18(19)21(20-6-4-5-11-23-20)16-9-12-24(13-10-16)27(3,25)26;2*1-3-4-2;2*1-3-2;1-2/h4-8,11,14,16,21H,1,9-10,12-13H2,2-3H3;3-4H2,1-2H3;3-4H,1-2H3;3H2,1-2H3;3H,1H2,2H3;1-2H3/b;;4-3-;;;. The summed E-state index contributed by atoms with van der Waals surface area (Å²) in [5.41, 5.74) is 4.16. The van der Waals surface area contributed by atoms with Gasteiger partial charge in [0.15, 0.2) is 0 Å². The highest BCUT2D eigenvalue weighted by molar-refractivity contribution is 7.88. The van der Waals surface area contributed by atoms with Crippen molar-refractivity contribution in [3.8, 4) is 0 Å². The second kappa shape index (κ2) is 28.6. The number of nitrogens with zero attached hydrogens (tertiary/aromatic N) is 2. The molecule has 1 aliphatic rings. The molecule has 0 N–H and O–H groups in total. The van der Waals surface area contributed by atoms with Gasteiger partial charge in [0.1, 0.15) is 0 Å². The van der Waals surface area contributed by atoms with E-state index in [4.69, 9.17) is 11.6 Å². The number of allylic oxidation sites excluding steroid dienone is 4. The maximum Gasteiger partial charge on any atom is 0.211 e. The van der Waals surface area contributed by atoms with Crippen molar-refractivity contribution in [2.45, 2.75) is 107 Å².